The van der Waals surface area contributed by atoms with Crippen molar-refractivity contribution >= 4 is 29.1 Å². The number of thiazole rings is 1. The van der Waals surface area contributed by atoms with Crippen LogP contribution in [0.5, 0.6) is 5.75 Å². The summed E-state index contributed by atoms with van der Waals surface area (Å²) in [5.74, 6) is -2.68. The normalized spacial score (nSPS) is 19.8. The highest BCUT2D eigenvalue weighted by Crippen LogP contribution is 2.43. The number of aromatic hydroxyl groups is 1. The van der Waals surface area contributed by atoms with Gasteiger partial charge in [-0.3, -0.25) is 23.7 Å². The highest BCUT2D eigenvalue weighted by atomic mass is 32.1. The van der Waals surface area contributed by atoms with E-state index >= 15 is 0 Å². The minimum absolute atomic E-state index is 0.0724. The fourth-order valence-electron chi connectivity index (χ4n) is 5.08. The summed E-state index contributed by atoms with van der Waals surface area (Å²) in [5, 5.41) is 18.8. The molecule has 0 spiro atoms. The molecule has 4 heterocycles. The van der Waals surface area contributed by atoms with E-state index in [1.54, 1.807) is 0 Å². The van der Waals surface area contributed by atoms with Gasteiger partial charge in [0.2, 0.25) is 5.75 Å². The summed E-state index contributed by atoms with van der Waals surface area (Å²) in [5.41, 5.74) is -0.679. The summed E-state index contributed by atoms with van der Waals surface area (Å²) in [6, 6.07) is 9.65. The topological polar surface area (TPSA) is 147 Å². The number of carbonyl (C=O) groups is 3. The number of nitrogens with zero attached hydrogens (tertiary/aromatic N) is 4. The number of nitrogens with one attached hydrogen (secondary N) is 2. The molecule has 0 atom stereocenters. The van der Waals surface area contributed by atoms with E-state index in [0.717, 1.165) is 10.6 Å². The predicted molar refractivity (Wildman–Crippen MR) is 139 cm³/mol. The van der Waals surface area contributed by atoms with Gasteiger partial charge in [-0.15, -0.1) is 11.3 Å². The first-order chi connectivity index (χ1) is 18.2. The second-order valence-corrected chi connectivity index (χ2v) is 10.8. The Morgan fingerprint density at radius 3 is 2.55 bits per heavy atom. The maximum absolute atomic E-state index is 13.2. The molecule has 12 heteroatoms. The number of benzene rings is 1. The zero-order valence-electron chi connectivity index (χ0n) is 21.1. The quantitative estimate of drug-likeness (QED) is 0.420. The number of carbonyl (C=O) groups excluding carboxylic acids is 3. The fraction of sp³-hybridized carbons (Fsp3) is 0.385. The van der Waals surface area contributed by atoms with Gasteiger partial charge in [-0.2, -0.15) is 0 Å². The smallest absolute Gasteiger partial charge is 0.311 e. The molecule has 3 aliphatic rings. The van der Waals surface area contributed by atoms with E-state index < -0.39 is 40.3 Å². The first-order valence-corrected chi connectivity index (χ1v) is 13.2. The molecular formula is C26H28N6O5S. The lowest BCUT2D eigenvalue weighted by Gasteiger charge is -2.37. The predicted octanol–water partition coefficient (Wildman–Crippen LogP) is 1.61. The summed E-state index contributed by atoms with van der Waals surface area (Å²) in [4.78, 5) is 61.5. The molecule has 6 rings (SSSR count). The van der Waals surface area contributed by atoms with Crippen molar-refractivity contribution in [2.24, 2.45) is 5.92 Å². The summed E-state index contributed by atoms with van der Waals surface area (Å²) < 4.78 is 1.34. The van der Waals surface area contributed by atoms with Gasteiger partial charge in [0.25, 0.3) is 11.5 Å². The molecule has 3 N–H and O–H groups in total. The molecule has 198 valence electrons. The molecule has 0 saturated heterocycles. The Morgan fingerprint density at radius 2 is 1.87 bits per heavy atom. The van der Waals surface area contributed by atoms with Gasteiger partial charge in [0.15, 0.2) is 5.69 Å². The lowest BCUT2D eigenvalue weighted by Crippen LogP contribution is -2.53. The molecule has 0 radical (unpaired) electrons. The Morgan fingerprint density at radius 1 is 1.16 bits per heavy atom. The number of hydrogen-bond donors (Lipinski definition) is 3. The fourth-order valence-corrected chi connectivity index (χ4v) is 5.91. The van der Waals surface area contributed by atoms with Gasteiger partial charge in [0.1, 0.15) is 10.8 Å². The van der Waals surface area contributed by atoms with Crippen LogP contribution in [-0.4, -0.2) is 56.4 Å². The molecule has 3 aromatic rings. The maximum Gasteiger partial charge on any atom is 0.311 e. The number of likely N-dealkylation sites (N-methyl/N-ethyl adjacent to an activating group) is 1. The van der Waals surface area contributed by atoms with Crippen molar-refractivity contribution in [1.29, 1.82) is 0 Å². The van der Waals surface area contributed by atoms with Crippen LogP contribution in [0.3, 0.4) is 0 Å². The average Bonchev–Trinajstić information content (AvgIpc) is 3.28. The third-order valence-corrected chi connectivity index (χ3v) is 8.08. The summed E-state index contributed by atoms with van der Waals surface area (Å²) >= 11 is 1.44. The van der Waals surface area contributed by atoms with E-state index in [-0.39, 0.29) is 18.3 Å². The molecular weight excluding hydrogens is 508 g/mol. The van der Waals surface area contributed by atoms with Gasteiger partial charge in [-0.1, -0.05) is 30.3 Å². The van der Waals surface area contributed by atoms with Gasteiger partial charge < -0.3 is 20.6 Å². The maximum atomic E-state index is 13.2. The second-order valence-electron chi connectivity index (χ2n) is 9.92. The van der Waals surface area contributed by atoms with Crippen LogP contribution < -0.4 is 16.2 Å². The van der Waals surface area contributed by atoms with Crippen LogP contribution in [-0.2, 0) is 28.2 Å². The highest BCUT2D eigenvalue weighted by molar-refractivity contribution is 7.13. The summed E-state index contributed by atoms with van der Waals surface area (Å²) in [6.45, 7) is 0.389. The standard InChI is InChI=1S/C26H28N6O5S/c1-31(2)24(37)21(35)30-26-10-8-15(9-11-26)13-32-23(36)19(33)18(29-25(26)32)20(34)27-12-17-14-38-22(28-17)16-6-4-3-5-7-16/h3-7,14-15,33H,8-13H2,1-2H3,(H,27,34)(H,30,35). The van der Waals surface area contributed by atoms with Crippen LogP contribution >= 0.6 is 11.3 Å². The van der Waals surface area contributed by atoms with Crippen molar-refractivity contribution in [3.05, 3.63) is 63.3 Å². The molecule has 2 aliphatic heterocycles. The van der Waals surface area contributed by atoms with Crippen LogP contribution in [0, 0.1) is 5.92 Å². The Kier molecular flexibility index (Phi) is 6.74. The van der Waals surface area contributed by atoms with Gasteiger partial charge >= 0.3 is 11.8 Å². The largest absolute Gasteiger partial charge is 0.501 e. The van der Waals surface area contributed by atoms with E-state index in [1.165, 1.54) is 34.9 Å². The van der Waals surface area contributed by atoms with Crippen molar-refractivity contribution in [3.8, 4) is 16.3 Å². The minimum Gasteiger partial charge on any atom is -0.501 e. The molecule has 0 unspecified atom stereocenters. The van der Waals surface area contributed by atoms with Gasteiger partial charge in [-0.05, 0) is 31.6 Å². The lowest BCUT2D eigenvalue weighted by atomic mass is 9.77. The Labute approximate surface area is 222 Å². The molecule has 2 bridgehead atoms. The average molecular weight is 537 g/mol. The number of fused-ring (bicyclic) bond motifs is 2. The Balaban J connectivity index is 1.43. The molecule has 1 fully saturated rings. The Hall–Kier alpha value is -4.06. The lowest BCUT2D eigenvalue weighted by molar-refractivity contribution is -0.145. The molecule has 1 aromatic carbocycles. The second kappa shape index (κ2) is 10.0. The van der Waals surface area contributed by atoms with Crippen molar-refractivity contribution in [3.63, 3.8) is 0 Å². The SMILES string of the molecule is CN(C)C(=O)C(=O)NC12CCC(CC1)Cn1c2nc(C(=O)NCc2csc(-c3ccccc3)n2)c(O)c1=O. The van der Waals surface area contributed by atoms with E-state index in [4.69, 9.17) is 0 Å². The highest BCUT2D eigenvalue weighted by Gasteiger charge is 2.46. The monoisotopic (exact) mass is 536 g/mol. The number of rotatable bonds is 5. The van der Waals surface area contributed by atoms with Gasteiger partial charge in [0.05, 0.1) is 17.8 Å². The third kappa shape index (κ3) is 4.67. The molecule has 38 heavy (non-hydrogen) atoms. The van der Waals surface area contributed by atoms with Gasteiger partial charge in [-0.25, -0.2) is 9.97 Å². The molecule has 1 aliphatic carbocycles. The number of hydrogen-bond acceptors (Lipinski definition) is 8. The molecule has 3 amide bonds. The van der Waals surface area contributed by atoms with Crippen LogP contribution in [0.25, 0.3) is 10.6 Å². The van der Waals surface area contributed by atoms with E-state index in [9.17, 15) is 24.3 Å². The summed E-state index contributed by atoms with van der Waals surface area (Å²) in [6.07, 6.45) is 2.33. The zero-order chi connectivity index (χ0) is 27.0. The van der Waals surface area contributed by atoms with E-state index in [1.807, 2.05) is 35.7 Å². The van der Waals surface area contributed by atoms with Crippen LogP contribution in [0.4, 0.5) is 0 Å². The van der Waals surface area contributed by atoms with Crippen molar-refractivity contribution in [1.82, 2.24) is 30.1 Å². The van der Waals surface area contributed by atoms with E-state index in [2.05, 4.69) is 20.6 Å². The van der Waals surface area contributed by atoms with Gasteiger partial charge in [0, 0.05) is 31.6 Å². The van der Waals surface area contributed by atoms with Crippen LogP contribution in [0.15, 0.2) is 40.5 Å². The minimum atomic E-state index is -1.10. The van der Waals surface area contributed by atoms with Crippen molar-refractivity contribution < 1.29 is 19.5 Å². The molecule has 11 nitrogen and oxygen atoms in total. The van der Waals surface area contributed by atoms with Crippen molar-refractivity contribution in [2.45, 2.75) is 44.3 Å². The van der Waals surface area contributed by atoms with Crippen LogP contribution in [0.1, 0.15) is 47.7 Å². The first-order valence-electron chi connectivity index (χ1n) is 12.3. The Bertz CT molecular complexity index is 1460. The zero-order valence-corrected chi connectivity index (χ0v) is 21.9. The van der Waals surface area contributed by atoms with Crippen LogP contribution in [0.2, 0.25) is 0 Å². The number of amides is 3. The third-order valence-electron chi connectivity index (χ3n) is 7.14. The van der Waals surface area contributed by atoms with E-state index in [0.29, 0.717) is 37.9 Å². The number of aromatic nitrogens is 3. The molecule has 2 aromatic heterocycles. The summed E-state index contributed by atoms with van der Waals surface area (Å²) in [7, 11) is 2.96. The first kappa shape index (κ1) is 25.6. The van der Waals surface area contributed by atoms with Crippen molar-refractivity contribution in [2.75, 3.05) is 14.1 Å². The molecule has 1 saturated carbocycles.